The van der Waals surface area contributed by atoms with Gasteiger partial charge in [-0.25, -0.2) is 0 Å². The zero-order valence-corrected chi connectivity index (χ0v) is 8.40. The summed E-state index contributed by atoms with van der Waals surface area (Å²) in [4.78, 5) is 0. The van der Waals surface area contributed by atoms with Crippen molar-refractivity contribution in [3.05, 3.63) is 12.2 Å². The van der Waals surface area contributed by atoms with Gasteiger partial charge in [0.1, 0.15) is 0 Å². The molecule has 0 bridgehead atoms. The van der Waals surface area contributed by atoms with Gasteiger partial charge in [0.2, 0.25) is 0 Å². The average molecular weight is 187 g/mol. The highest BCUT2D eigenvalue weighted by Crippen LogP contribution is 2.08. The summed E-state index contributed by atoms with van der Waals surface area (Å²) in [6.07, 6.45) is 6.31. The van der Waals surface area contributed by atoms with E-state index in [0.717, 1.165) is 30.9 Å². The van der Waals surface area contributed by atoms with Crippen LogP contribution in [0.15, 0.2) is 12.2 Å². The third-order valence-electron chi connectivity index (χ3n) is 2.15. The molecule has 0 aromatic carbocycles. The fraction of sp³-hybridized carbons (Fsp3) is 0.778. The maximum Gasteiger partial charge on any atom is 0.0249 e. The van der Waals surface area contributed by atoms with E-state index in [1.54, 1.807) is 0 Å². The van der Waals surface area contributed by atoms with Crippen LogP contribution in [0.1, 0.15) is 19.8 Å². The Morgan fingerprint density at radius 1 is 1.50 bits per heavy atom. The first-order valence-electron chi connectivity index (χ1n) is 4.52. The topological polar surface area (TPSA) is 29.1 Å². The van der Waals surface area contributed by atoms with Crippen molar-refractivity contribution in [2.24, 2.45) is 0 Å². The van der Waals surface area contributed by atoms with Crippen molar-refractivity contribution in [3.8, 4) is 0 Å². The Morgan fingerprint density at radius 3 is 2.75 bits per heavy atom. The van der Waals surface area contributed by atoms with E-state index in [4.69, 9.17) is 0 Å². The van der Waals surface area contributed by atoms with Gasteiger partial charge in [0.25, 0.3) is 0 Å². The molecule has 1 aliphatic rings. The van der Waals surface area contributed by atoms with E-state index in [1.807, 2.05) is 13.0 Å². The lowest BCUT2D eigenvalue weighted by molar-refractivity contribution is 0.499. The molecule has 70 valence electrons. The van der Waals surface area contributed by atoms with Crippen LogP contribution in [0.25, 0.3) is 0 Å². The second-order valence-electron chi connectivity index (χ2n) is 3.10. The molecule has 0 atom stereocenters. The van der Waals surface area contributed by atoms with Crippen molar-refractivity contribution in [2.75, 3.05) is 18.1 Å². The van der Waals surface area contributed by atoms with Gasteiger partial charge in [-0.2, -0.15) is 0 Å². The molecule has 0 amide bonds. The Kier molecular flexibility index (Phi) is 4.54. The summed E-state index contributed by atoms with van der Waals surface area (Å²) in [7, 11) is -0.526. The highest BCUT2D eigenvalue weighted by atomic mass is 32.2. The average Bonchev–Trinajstić information content (AvgIpc) is 2.09. The van der Waals surface area contributed by atoms with E-state index in [0.29, 0.717) is 6.04 Å². The van der Waals surface area contributed by atoms with Gasteiger partial charge in [-0.05, 0) is 19.8 Å². The maximum atomic E-state index is 11.0. The van der Waals surface area contributed by atoms with E-state index in [9.17, 15) is 4.21 Å². The predicted octanol–water partition coefficient (Wildman–Crippen LogP) is 1.06. The van der Waals surface area contributed by atoms with Crippen LogP contribution < -0.4 is 5.32 Å². The Labute approximate surface area is 76.9 Å². The third kappa shape index (κ3) is 3.50. The summed E-state index contributed by atoms with van der Waals surface area (Å²) in [5.74, 6) is 1.76. The SMILES string of the molecule is C/C=C/CNC1CCS(=O)CC1. The van der Waals surface area contributed by atoms with Crippen LogP contribution in [0.2, 0.25) is 0 Å². The van der Waals surface area contributed by atoms with Crippen molar-refractivity contribution >= 4 is 10.8 Å². The number of rotatable bonds is 3. The number of allylic oxidation sites excluding steroid dienone is 1. The Hall–Kier alpha value is -0.150. The lowest BCUT2D eigenvalue weighted by atomic mass is 10.1. The molecule has 12 heavy (non-hydrogen) atoms. The lowest BCUT2D eigenvalue weighted by Gasteiger charge is -2.21. The molecule has 2 nitrogen and oxygen atoms in total. The van der Waals surface area contributed by atoms with Crippen molar-refractivity contribution < 1.29 is 4.21 Å². The van der Waals surface area contributed by atoms with Crippen LogP contribution in [0.4, 0.5) is 0 Å². The molecule has 1 N–H and O–H groups in total. The summed E-state index contributed by atoms with van der Waals surface area (Å²) in [5.41, 5.74) is 0. The summed E-state index contributed by atoms with van der Waals surface area (Å²) in [5, 5.41) is 3.42. The molecule has 0 saturated carbocycles. The van der Waals surface area contributed by atoms with Crippen LogP contribution in [0.3, 0.4) is 0 Å². The van der Waals surface area contributed by atoms with Crippen LogP contribution in [-0.4, -0.2) is 28.3 Å². The fourth-order valence-corrected chi connectivity index (χ4v) is 2.65. The van der Waals surface area contributed by atoms with E-state index in [2.05, 4.69) is 11.4 Å². The molecular weight excluding hydrogens is 170 g/mol. The quantitative estimate of drug-likeness (QED) is 0.669. The normalized spacial score (nSPS) is 31.1. The van der Waals surface area contributed by atoms with Crippen molar-refractivity contribution in [3.63, 3.8) is 0 Å². The first-order chi connectivity index (χ1) is 5.83. The Bertz CT molecular complexity index is 169. The minimum atomic E-state index is -0.526. The van der Waals surface area contributed by atoms with Crippen molar-refractivity contribution in [1.29, 1.82) is 0 Å². The molecule has 0 aromatic heterocycles. The van der Waals surface area contributed by atoms with Gasteiger partial charge in [0.15, 0.2) is 0 Å². The van der Waals surface area contributed by atoms with Crippen LogP contribution >= 0.6 is 0 Å². The predicted molar refractivity (Wildman–Crippen MR) is 53.7 cm³/mol. The number of hydrogen-bond acceptors (Lipinski definition) is 2. The molecule has 1 saturated heterocycles. The summed E-state index contributed by atoms with van der Waals surface area (Å²) in [6, 6.07) is 0.596. The van der Waals surface area contributed by atoms with Crippen LogP contribution in [-0.2, 0) is 10.8 Å². The fourth-order valence-electron chi connectivity index (χ4n) is 1.35. The molecule has 3 heteroatoms. The second kappa shape index (κ2) is 5.49. The number of nitrogens with one attached hydrogen (secondary N) is 1. The maximum absolute atomic E-state index is 11.0. The summed E-state index contributed by atoms with van der Waals surface area (Å²) < 4.78 is 11.0. The van der Waals surface area contributed by atoms with Gasteiger partial charge in [-0.3, -0.25) is 4.21 Å². The highest BCUT2D eigenvalue weighted by molar-refractivity contribution is 7.85. The molecule has 0 aromatic rings. The smallest absolute Gasteiger partial charge is 0.0249 e. The molecule has 0 unspecified atom stereocenters. The zero-order valence-electron chi connectivity index (χ0n) is 7.58. The molecule has 0 radical (unpaired) electrons. The molecule has 1 heterocycles. The minimum absolute atomic E-state index is 0.526. The Morgan fingerprint density at radius 2 is 2.17 bits per heavy atom. The highest BCUT2D eigenvalue weighted by Gasteiger charge is 2.15. The van der Waals surface area contributed by atoms with E-state index in [1.165, 1.54) is 0 Å². The first kappa shape index (κ1) is 9.93. The first-order valence-corrected chi connectivity index (χ1v) is 6.01. The number of hydrogen-bond donors (Lipinski definition) is 1. The lowest BCUT2D eigenvalue weighted by Crippen LogP contribution is -2.35. The molecule has 1 fully saturated rings. The van der Waals surface area contributed by atoms with Crippen molar-refractivity contribution in [1.82, 2.24) is 5.32 Å². The molecule has 0 spiro atoms. The van der Waals surface area contributed by atoms with Crippen molar-refractivity contribution in [2.45, 2.75) is 25.8 Å². The molecule has 0 aliphatic carbocycles. The summed E-state index contributed by atoms with van der Waals surface area (Å²) >= 11 is 0. The minimum Gasteiger partial charge on any atom is -0.310 e. The Balaban J connectivity index is 2.13. The standard InChI is InChI=1S/C9H17NOS/c1-2-3-6-10-9-4-7-12(11)8-5-9/h2-3,9-10H,4-8H2,1H3/b3-2+. The largest absolute Gasteiger partial charge is 0.310 e. The summed E-state index contributed by atoms with van der Waals surface area (Å²) in [6.45, 7) is 2.98. The molecule has 1 aliphatic heterocycles. The van der Waals surface area contributed by atoms with E-state index in [-0.39, 0.29) is 0 Å². The second-order valence-corrected chi connectivity index (χ2v) is 4.80. The zero-order chi connectivity index (χ0) is 8.81. The molecule has 1 rings (SSSR count). The van der Waals surface area contributed by atoms with Gasteiger partial charge >= 0.3 is 0 Å². The molecular formula is C9H17NOS. The van der Waals surface area contributed by atoms with Crippen LogP contribution in [0, 0.1) is 0 Å². The monoisotopic (exact) mass is 187 g/mol. The van der Waals surface area contributed by atoms with Gasteiger partial charge in [-0.15, -0.1) is 0 Å². The van der Waals surface area contributed by atoms with E-state index < -0.39 is 10.8 Å². The van der Waals surface area contributed by atoms with Crippen LogP contribution in [0.5, 0.6) is 0 Å². The van der Waals surface area contributed by atoms with Gasteiger partial charge in [0.05, 0.1) is 0 Å². The van der Waals surface area contributed by atoms with E-state index >= 15 is 0 Å². The third-order valence-corrected chi connectivity index (χ3v) is 3.53. The van der Waals surface area contributed by atoms with Gasteiger partial charge in [0, 0.05) is 34.9 Å². The van der Waals surface area contributed by atoms with Gasteiger partial charge in [-0.1, -0.05) is 12.2 Å². The van der Waals surface area contributed by atoms with Gasteiger partial charge < -0.3 is 5.32 Å².